The highest BCUT2D eigenvalue weighted by atomic mass is 32.1. The topological polar surface area (TPSA) is 25.8 Å². The van der Waals surface area contributed by atoms with Crippen molar-refractivity contribution in [1.29, 1.82) is 0 Å². The van der Waals surface area contributed by atoms with Crippen LogP contribution < -0.4 is 0 Å². The van der Waals surface area contributed by atoms with Crippen LogP contribution in [0, 0.1) is 0 Å². The number of thiophene rings is 1. The second-order valence-electron chi connectivity index (χ2n) is 11.9. The summed E-state index contributed by atoms with van der Waals surface area (Å²) < 4.78 is 78.4. The van der Waals surface area contributed by atoms with Crippen molar-refractivity contribution in [2.45, 2.75) is 0 Å². The fraction of sp³-hybridized carbons (Fsp3) is 0. The molecular formula is C46H28N2S. The molecule has 10 rings (SSSR count). The second kappa shape index (κ2) is 11.2. The molecule has 2 nitrogen and oxygen atoms in total. The van der Waals surface area contributed by atoms with Crippen molar-refractivity contribution in [3.05, 3.63) is 170 Å². The largest absolute Gasteiger partial charge is 0.235 e. The number of hydrogen-bond donors (Lipinski definition) is 0. The zero-order chi connectivity index (χ0) is 40.1. The SMILES string of the molecule is [2H]c1c([2H])c([2H])c(-c2c([2H])c([2H])c(-c3ccc4sc5c(-c6cccc(-c7ccc8c9ccccc9c9ccccc9c8c7)c6)ncnc5c4c3)c([2H])c2[2H])c([2H])c1[2H]. The lowest BCUT2D eigenvalue weighted by Crippen LogP contribution is -1.88. The van der Waals surface area contributed by atoms with E-state index in [1.54, 1.807) is 12.1 Å². The molecule has 0 atom stereocenters. The fourth-order valence-corrected chi connectivity index (χ4v) is 7.98. The van der Waals surface area contributed by atoms with Crippen LogP contribution in [0.4, 0.5) is 0 Å². The molecule has 0 spiro atoms. The summed E-state index contributed by atoms with van der Waals surface area (Å²) in [6.45, 7) is 0. The summed E-state index contributed by atoms with van der Waals surface area (Å²) in [6.07, 6.45) is 1.53. The zero-order valence-electron chi connectivity index (χ0n) is 34.8. The first-order valence-corrected chi connectivity index (χ1v) is 16.6. The average molecular weight is 650 g/mol. The normalized spacial score (nSPS) is 14.2. The second-order valence-corrected chi connectivity index (χ2v) is 12.9. The van der Waals surface area contributed by atoms with Gasteiger partial charge in [-0.15, -0.1) is 11.3 Å². The molecule has 0 aliphatic rings. The van der Waals surface area contributed by atoms with Crippen molar-refractivity contribution in [3.8, 4) is 44.6 Å². The molecular weight excluding hydrogens is 613 g/mol. The molecule has 8 aromatic carbocycles. The highest BCUT2D eigenvalue weighted by Crippen LogP contribution is 2.41. The van der Waals surface area contributed by atoms with Crippen molar-refractivity contribution in [2.75, 3.05) is 0 Å². The van der Waals surface area contributed by atoms with Gasteiger partial charge in [-0.1, -0.05) is 139 Å². The first kappa shape index (κ1) is 20.3. The van der Waals surface area contributed by atoms with Crippen LogP contribution >= 0.6 is 11.3 Å². The van der Waals surface area contributed by atoms with Crippen molar-refractivity contribution in [3.63, 3.8) is 0 Å². The van der Waals surface area contributed by atoms with Gasteiger partial charge in [-0.3, -0.25) is 0 Å². The molecule has 0 amide bonds. The first-order valence-electron chi connectivity index (χ1n) is 20.3. The van der Waals surface area contributed by atoms with E-state index in [1.165, 1.54) is 50.0 Å². The standard InChI is InChI=1S/C46H28N2S/c1-2-9-29(10-3-1)30-17-19-31(20-18-30)33-22-24-43-42(27-33)45-46(49-43)44(47-28-48-45)35-12-8-11-32(25-35)34-21-23-40-38-15-5-4-13-36(38)37-14-6-7-16-39(37)41(40)26-34/h1-28H/i1D,2D,3D,9D,10D,17D,18D,19D,20D. The maximum atomic E-state index is 8.98. The van der Waals surface area contributed by atoms with Crippen LogP contribution in [0.25, 0.3) is 97.3 Å². The predicted octanol–water partition coefficient (Wildman–Crippen LogP) is 13.0. The third-order valence-corrected chi connectivity index (χ3v) is 10.3. The fourth-order valence-electron chi connectivity index (χ4n) is 6.83. The van der Waals surface area contributed by atoms with Crippen molar-refractivity contribution < 1.29 is 12.3 Å². The van der Waals surface area contributed by atoms with Crippen LogP contribution in [0.2, 0.25) is 0 Å². The van der Waals surface area contributed by atoms with Gasteiger partial charge in [-0.2, -0.15) is 0 Å². The van der Waals surface area contributed by atoms with Gasteiger partial charge in [0.1, 0.15) is 6.33 Å². The monoisotopic (exact) mass is 649 g/mol. The van der Waals surface area contributed by atoms with E-state index < -0.39 is 42.3 Å². The molecule has 10 aromatic rings. The lowest BCUT2D eigenvalue weighted by Gasteiger charge is -2.12. The van der Waals surface area contributed by atoms with E-state index in [-0.39, 0.29) is 28.8 Å². The molecule has 0 bridgehead atoms. The maximum absolute atomic E-state index is 8.98. The van der Waals surface area contributed by atoms with Crippen LogP contribution in [0.15, 0.2) is 170 Å². The molecule has 0 saturated heterocycles. The van der Waals surface area contributed by atoms with E-state index >= 15 is 0 Å². The summed E-state index contributed by atoms with van der Waals surface area (Å²) in [5, 5.41) is 8.03. The van der Waals surface area contributed by atoms with Crippen LogP contribution in [-0.4, -0.2) is 9.97 Å². The van der Waals surface area contributed by atoms with Crippen molar-refractivity contribution >= 4 is 64.0 Å². The maximum Gasteiger partial charge on any atom is 0.116 e. The van der Waals surface area contributed by atoms with Gasteiger partial charge in [0.25, 0.3) is 0 Å². The molecule has 0 fully saturated rings. The van der Waals surface area contributed by atoms with Gasteiger partial charge in [-0.25, -0.2) is 9.97 Å². The van der Waals surface area contributed by atoms with Crippen LogP contribution in [0.5, 0.6) is 0 Å². The molecule has 3 heteroatoms. The highest BCUT2D eigenvalue weighted by Gasteiger charge is 2.15. The molecule has 0 aliphatic heterocycles. The number of rotatable bonds is 4. The van der Waals surface area contributed by atoms with Gasteiger partial charge in [0, 0.05) is 15.6 Å². The summed E-state index contributed by atoms with van der Waals surface area (Å²) in [5.41, 5.74) is 4.24. The molecule has 0 N–H and O–H groups in total. The lowest BCUT2D eigenvalue weighted by atomic mass is 9.92. The quantitative estimate of drug-likeness (QED) is 0.177. The number of aromatic nitrogens is 2. The van der Waals surface area contributed by atoms with E-state index in [2.05, 4.69) is 83.8 Å². The van der Waals surface area contributed by atoms with Gasteiger partial charge < -0.3 is 0 Å². The smallest absolute Gasteiger partial charge is 0.116 e. The predicted molar refractivity (Wildman–Crippen MR) is 209 cm³/mol. The minimum atomic E-state index is -0.615. The molecule has 0 aliphatic carbocycles. The van der Waals surface area contributed by atoms with Crippen LogP contribution in [0.1, 0.15) is 12.3 Å². The van der Waals surface area contributed by atoms with Gasteiger partial charge in [-0.05, 0) is 90.0 Å². The summed E-state index contributed by atoms with van der Waals surface area (Å²) in [5.74, 6) is 0. The Labute approximate surface area is 300 Å². The van der Waals surface area contributed by atoms with Crippen molar-refractivity contribution in [2.24, 2.45) is 0 Å². The third-order valence-electron chi connectivity index (χ3n) is 9.13. The lowest BCUT2D eigenvalue weighted by molar-refractivity contribution is 1.24. The number of benzene rings is 8. The average Bonchev–Trinajstić information content (AvgIpc) is 3.64. The minimum Gasteiger partial charge on any atom is -0.235 e. The summed E-state index contributed by atoms with van der Waals surface area (Å²) in [7, 11) is 0. The van der Waals surface area contributed by atoms with Gasteiger partial charge >= 0.3 is 0 Å². The number of fused-ring (bicyclic) bond motifs is 9. The third kappa shape index (κ3) is 4.62. The Balaban J connectivity index is 1.08. The van der Waals surface area contributed by atoms with Crippen LogP contribution in [0.3, 0.4) is 0 Å². The van der Waals surface area contributed by atoms with E-state index in [9.17, 15) is 0 Å². The molecule has 0 radical (unpaired) electrons. The molecule has 0 unspecified atom stereocenters. The molecule has 228 valence electrons. The molecule has 2 heterocycles. The van der Waals surface area contributed by atoms with Gasteiger partial charge in [0.05, 0.1) is 28.2 Å². The molecule has 49 heavy (non-hydrogen) atoms. The Bertz CT molecular complexity index is 3320. The van der Waals surface area contributed by atoms with Crippen molar-refractivity contribution in [1.82, 2.24) is 9.97 Å². The molecule has 0 saturated carbocycles. The number of nitrogens with zero attached hydrogens (tertiary/aromatic N) is 2. The Kier molecular flexibility index (Phi) is 4.64. The summed E-state index contributed by atoms with van der Waals surface area (Å²) in [4.78, 5) is 9.43. The van der Waals surface area contributed by atoms with E-state index in [4.69, 9.17) is 17.3 Å². The Hall–Kier alpha value is -6.16. The van der Waals surface area contributed by atoms with E-state index in [1.807, 2.05) is 18.2 Å². The van der Waals surface area contributed by atoms with Gasteiger partial charge in [0.2, 0.25) is 0 Å². The van der Waals surface area contributed by atoms with Gasteiger partial charge in [0.15, 0.2) is 0 Å². The van der Waals surface area contributed by atoms with E-state index in [0.717, 1.165) is 37.2 Å². The van der Waals surface area contributed by atoms with E-state index in [0.29, 0.717) is 11.1 Å². The summed E-state index contributed by atoms with van der Waals surface area (Å²) >= 11 is 1.53. The summed E-state index contributed by atoms with van der Waals surface area (Å²) in [6, 6.07) is 32.6. The Morgan fingerprint density at radius 3 is 1.69 bits per heavy atom. The first-order chi connectivity index (χ1) is 28.0. The van der Waals surface area contributed by atoms with Crippen LogP contribution in [-0.2, 0) is 0 Å². The Morgan fingerprint density at radius 2 is 0.959 bits per heavy atom. The zero-order valence-corrected chi connectivity index (χ0v) is 26.6. The highest BCUT2D eigenvalue weighted by molar-refractivity contribution is 7.26. The molecule has 2 aromatic heterocycles. The number of hydrogen-bond acceptors (Lipinski definition) is 3. The minimum absolute atomic E-state index is 0.0329. The Morgan fingerprint density at radius 1 is 0.408 bits per heavy atom.